The van der Waals surface area contributed by atoms with Crippen molar-refractivity contribution in [3.63, 3.8) is 0 Å². The van der Waals surface area contributed by atoms with Crippen LogP contribution in [0.15, 0.2) is 18.5 Å². The zero-order chi connectivity index (χ0) is 7.68. The van der Waals surface area contributed by atoms with E-state index in [0.717, 1.165) is 24.0 Å². The molecule has 1 aliphatic rings. The van der Waals surface area contributed by atoms with Crippen molar-refractivity contribution in [2.75, 3.05) is 0 Å². The summed E-state index contributed by atoms with van der Waals surface area (Å²) in [4.78, 5) is 15.2. The molecule has 0 amide bonds. The zero-order valence-electron chi connectivity index (χ0n) is 6.62. The van der Waals surface area contributed by atoms with Gasteiger partial charge >= 0.3 is 0 Å². The summed E-state index contributed by atoms with van der Waals surface area (Å²) < 4.78 is 0. The number of carbonyl (C=O) groups is 1. The molecule has 1 aromatic heterocycles. The van der Waals surface area contributed by atoms with Gasteiger partial charge in [-0.15, -0.1) is 12.4 Å². The van der Waals surface area contributed by atoms with Gasteiger partial charge in [-0.1, -0.05) is 0 Å². The summed E-state index contributed by atoms with van der Waals surface area (Å²) in [6.45, 7) is 0. The molecule has 2 rings (SSSR count). The van der Waals surface area contributed by atoms with Crippen molar-refractivity contribution in [2.24, 2.45) is 0 Å². The van der Waals surface area contributed by atoms with Crippen LogP contribution in [0.25, 0.3) is 0 Å². The average molecular weight is 184 g/mol. The van der Waals surface area contributed by atoms with Crippen molar-refractivity contribution in [3.05, 3.63) is 29.6 Å². The molecule has 0 aromatic carbocycles. The number of rotatable bonds is 0. The molecule has 1 heterocycles. The summed E-state index contributed by atoms with van der Waals surface area (Å²) >= 11 is 0. The number of ketones is 1. The maximum absolute atomic E-state index is 11.3. The lowest BCUT2D eigenvalue weighted by molar-refractivity contribution is 0.0972. The highest BCUT2D eigenvalue weighted by Crippen LogP contribution is 2.18. The fourth-order valence-electron chi connectivity index (χ4n) is 1.47. The van der Waals surface area contributed by atoms with Crippen LogP contribution in [0.1, 0.15) is 28.8 Å². The normalized spacial score (nSPS) is 14.8. The van der Waals surface area contributed by atoms with Crippen LogP contribution in [-0.2, 0) is 6.42 Å². The fraction of sp³-hybridized carbons (Fsp3) is 0.333. The summed E-state index contributed by atoms with van der Waals surface area (Å²) in [7, 11) is 0. The highest BCUT2D eigenvalue weighted by atomic mass is 35.5. The van der Waals surface area contributed by atoms with E-state index in [4.69, 9.17) is 0 Å². The van der Waals surface area contributed by atoms with E-state index in [9.17, 15) is 4.79 Å². The number of fused-ring (bicyclic) bond motifs is 1. The number of Topliss-reactive ketones (excluding diaryl/α,β-unsaturated/α-hetero) is 1. The summed E-state index contributed by atoms with van der Waals surface area (Å²) in [6.07, 6.45) is 6.18. The van der Waals surface area contributed by atoms with Crippen LogP contribution in [0.2, 0.25) is 0 Å². The predicted octanol–water partition coefficient (Wildman–Crippen LogP) is 2.02. The molecule has 3 heteroatoms. The van der Waals surface area contributed by atoms with Crippen LogP contribution in [0.4, 0.5) is 0 Å². The molecule has 0 atom stereocenters. The predicted molar refractivity (Wildman–Crippen MR) is 48.8 cm³/mol. The monoisotopic (exact) mass is 183 g/mol. The van der Waals surface area contributed by atoms with E-state index >= 15 is 0 Å². The molecule has 64 valence electrons. The van der Waals surface area contributed by atoms with Crippen molar-refractivity contribution < 1.29 is 4.79 Å². The second-order valence-electron chi connectivity index (χ2n) is 2.81. The van der Waals surface area contributed by atoms with Gasteiger partial charge in [0.25, 0.3) is 0 Å². The SMILES string of the molecule is Cl.O=C1CCCc2cnccc21. The third-order valence-electron chi connectivity index (χ3n) is 2.05. The number of pyridine rings is 1. The minimum Gasteiger partial charge on any atom is -0.294 e. The maximum Gasteiger partial charge on any atom is 0.163 e. The quantitative estimate of drug-likeness (QED) is 0.616. The summed E-state index contributed by atoms with van der Waals surface area (Å²) in [5, 5.41) is 0. The van der Waals surface area contributed by atoms with Crippen LogP contribution in [0.3, 0.4) is 0 Å². The van der Waals surface area contributed by atoms with Gasteiger partial charge < -0.3 is 0 Å². The van der Waals surface area contributed by atoms with Gasteiger partial charge in [0.05, 0.1) is 0 Å². The van der Waals surface area contributed by atoms with Gasteiger partial charge in [0.1, 0.15) is 0 Å². The molecule has 0 aliphatic heterocycles. The van der Waals surface area contributed by atoms with Crippen LogP contribution < -0.4 is 0 Å². The number of aryl methyl sites for hydroxylation is 1. The molecular weight excluding hydrogens is 174 g/mol. The maximum atomic E-state index is 11.3. The first kappa shape index (κ1) is 9.20. The van der Waals surface area contributed by atoms with E-state index in [1.165, 1.54) is 0 Å². The molecule has 0 fully saturated rings. The Labute approximate surface area is 77.4 Å². The van der Waals surface area contributed by atoms with Crippen LogP contribution in [-0.4, -0.2) is 10.8 Å². The van der Waals surface area contributed by atoms with Crippen molar-refractivity contribution in [1.82, 2.24) is 4.98 Å². The van der Waals surface area contributed by atoms with E-state index in [1.54, 1.807) is 12.4 Å². The van der Waals surface area contributed by atoms with Crippen molar-refractivity contribution in [3.8, 4) is 0 Å². The van der Waals surface area contributed by atoms with Crippen molar-refractivity contribution in [2.45, 2.75) is 19.3 Å². The third kappa shape index (κ3) is 1.48. The Morgan fingerprint density at radius 2 is 2.17 bits per heavy atom. The molecule has 0 unspecified atom stereocenters. The molecular formula is C9H10ClNO. The van der Waals surface area contributed by atoms with Crippen LogP contribution in [0, 0.1) is 0 Å². The molecule has 1 aromatic rings. The average Bonchev–Trinajstić information content (AvgIpc) is 2.06. The number of aromatic nitrogens is 1. The first-order valence-corrected chi connectivity index (χ1v) is 3.84. The highest BCUT2D eigenvalue weighted by molar-refractivity contribution is 5.98. The first-order chi connectivity index (χ1) is 5.38. The number of hydrogen-bond acceptors (Lipinski definition) is 2. The molecule has 2 nitrogen and oxygen atoms in total. The molecule has 0 spiro atoms. The number of halogens is 1. The Balaban J connectivity index is 0.000000720. The topological polar surface area (TPSA) is 30.0 Å². The Hall–Kier alpha value is -0.890. The van der Waals surface area contributed by atoms with Gasteiger partial charge in [0.2, 0.25) is 0 Å². The van der Waals surface area contributed by atoms with Gasteiger partial charge in [0, 0.05) is 24.4 Å². The molecule has 0 radical (unpaired) electrons. The highest BCUT2D eigenvalue weighted by Gasteiger charge is 2.15. The van der Waals surface area contributed by atoms with Gasteiger partial charge in [0.15, 0.2) is 5.78 Å². The van der Waals surface area contributed by atoms with Gasteiger partial charge in [-0.3, -0.25) is 9.78 Å². The second-order valence-corrected chi connectivity index (χ2v) is 2.81. The lowest BCUT2D eigenvalue weighted by Gasteiger charge is -2.12. The third-order valence-corrected chi connectivity index (χ3v) is 2.05. The number of carbonyl (C=O) groups excluding carboxylic acids is 1. The summed E-state index contributed by atoms with van der Waals surface area (Å²) in [6, 6.07) is 1.82. The minimum atomic E-state index is 0. The first-order valence-electron chi connectivity index (χ1n) is 3.84. The molecule has 0 saturated carbocycles. The van der Waals surface area contributed by atoms with Gasteiger partial charge in [-0.2, -0.15) is 0 Å². The fourth-order valence-corrected chi connectivity index (χ4v) is 1.47. The zero-order valence-corrected chi connectivity index (χ0v) is 7.43. The Morgan fingerprint density at radius 3 is 2.92 bits per heavy atom. The second kappa shape index (κ2) is 3.68. The lowest BCUT2D eigenvalue weighted by atomic mass is 9.93. The molecule has 0 saturated heterocycles. The molecule has 12 heavy (non-hydrogen) atoms. The van der Waals surface area contributed by atoms with E-state index in [0.29, 0.717) is 6.42 Å². The molecule has 0 bridgehead atoms. The molecule has 1 aliphatic carbocycles. The molecule has 0 N–H and O–H groups in total. The smallest absolute Gasteiger partial charge is 0.163 e. The Morgan fingerprint density at radius 1 is 1.33 bits per heavy atom. The number of hydrogen-bond donors (Lipinski definition) is 0. The summed E-state index contributed by atoms with van der Waals surface area (Å²) in [5.74, 6) is 0.272. The van der Waals surface area contributed by atoms with Gasteiger partial charge in [-0.25, -0.2) is 0 Å². The Bertz CT molecular complexity index is 298. The van der Waals surface area contributed by atoms with E-state index < -0.39 is 0 Å². The largest absolute Gasteiger partial charge is 0.294 e. The standard InChI is InChI=1S/C9H9NO.ClH/c11-9-3-1-2-7-6-10-5-4-8(7)9;/h4-6H,1-3H2;1H. The summed E-state index contributed by atoms with van der Waals surface area (Å²) in [5.41, 5.74) is 2.00. The lowest BCUT2D eigenvalue weighted by Crippen LogP contribution is -2.10. The van der Waals surface area contributed by atoms with Crippen LogP contribution >= 0.6 is 12.4 Å². The minimum absolute atomic E-state index is 0. The van der Waals surface area contributed by atoms with Crippen LogP contribution in [0.5, 0.6) is 0 Å². The number of nitrogens with zero attached hydrogens (tertiary/aromatic N) is 1. The van der Waals surface area contributed by atoms with Gasteiger partial charge in [-0.05, 0) is 24.5 Å². The Kier molecular flexibility index (Phi) is 2.82. The van der Waals surface area contributed by atoms with Crippen molar-refractivity contribution in [1.29, 1.82) is 0 Å². The van der Waals surface area contributed by atoms with E-state index in [1.807, 2.05) is 6.07 Å². The van der Waals surface area contributed by atoms with E-state index in [2.05, 4.69) is 4.98 Å². The van der Waals surface area contributed by atoms with E-state index in [-0.39, 0.29) is 18.2 Å². The van der Waals surface area contributed by atoms with Crippen molar-refractivity contribution >= 4 is 18.2 Å².